The summed E-state index contributed by atoms with van der Waals surface area (Å²) < 4.78 is 5.81. The molecule has 1 amide bonds. The molecule has 0 aromatic heterocycles. The van der Waals surface area contributed by atoms with Crippen LogP contribution < -0.4 is 10.0 Å². The van der Waals surface area contributed by atoms with E-state index in [-0.39, 0.29) is 11.7 Å². The maximum Gasteiger partial charge on any atom is 0.289 e. The standard InChI is InChI=1S/C14H13BrN2O3S/c15-10-7-9(1-2-11(10)18)8-12-13(19)16-14(21-12)17-3-5-20-6-4-17/h1-2,7-8,18H,3-6H2/b12-8-. The van der Waals surface area contributed by atoms with Crippen LogP contribution in [-0.4, -0.2) is 37.4 Å². The Morgan fingerprint density at radius 2 is 2.14 bits per heavy atom. The zero-order valence-electron chi connectivity index (χ0n) is 11.1. The molecule has 0 spiro atoms. The van der Waals surface area contributed by atoms with Crippen molar-refractivity contribution in [3.8, 4) is 5.75 Å². The lowest BCUT2D eigenvalue weighted by atomic mass is 10.2. The van der Waals surface area contributed by atoms with Gasteiger partial charge < -0.3 is 9.84 Å². The van der Waals surface area contributed by atoms with Gasteiger partial charge in [0.25, 0.3) is 11.1 Å². The van der Waals surface area contributed by atoms with Crippen molar-refractivity contribution in [1.82, 2.24) is 0 Å². The largest absolute Gasteiger partial charge is 0.872 e. The molecule has 7 heteroatoms. The molecule has 1 aromatic rings. The minimum absolute atomic E-state index is 0.0720. The number of carbonyl (C=O) groups is 1. The second-order valence-electron chi connectivity index (χ2n) is 4.74. The normalized spacial score (nSPS) is 21.9. The Morgan fingerprint density at radius 3 is 2.86 bits per heavy atom. The quantitative estimate of drug-likeness (QED) is 0.729. The van der Waals surface area contributed by atoms with Crippen LogP contribution in [0.3, 0.4) is 0 Å². The van der Waals surface area contributed by atoms with Crippen molar-refractivity contribution in [2.75, 3.05) is 26.3 Å². The van der Waals surface area contributed by atoms with Crippen LogP contribution in [0.1, 0.15) is 5.56 Å². The topological polar surface area (TPSA) is 66.2 Å². The van der Waals surface area contributed by atoms with Gasteiger partial charge in [0, 0.05) is 4.47 Å². The lowest BCUT2D eigenvalue weighted by molar-refractivity contribution is -0.812. The van der Waals surface area contributed by atoms with E-state index in [4.69, 9.17) is 4.74 Å². The summed E-state index contributed by atoms with van der Waals surface area (Å²) in [4.78, 5) is 17.9. The van der Waals surface area contributed by atoms with Gasteiger partial charge in [-0.15, -0.1) is 4.99 Å². The van der Waals surface area contributed by atoms with Crippen LogP contribution in [0.15, 0.2) is 32.6 Å². The molecule has 2 aliphatic rings. The summed E-state index contributed by atoms with van der Waals surface area (Å²) in [7, 11) is 0. The predicted molar refractivity (Wildman–Crippen MR) is 83.1 cm³/mol. The number of hydrogen-bond donors (Lipinski definition) is 1. The highest BCUT2D eigenvalue weighted by Gasteiger charge is 2.31. The number of morpholine rings is 1. The number of aliphatic imine (C=N–C) groups is 1. The van der Waals surface area contributed by atoms with E-state index in [9.17, 15) is 9.90 Å². The minimum Gasteiger partial charge on any atom is -0.872 e. The Hall–Kier alpha value is -1.15. The Balaban J connectivity index is 1.77. The average Bonchev–Trinajstić information content (AvgIpc) is 2.85. The van der Waals surface area contributed by atoms with Crippen molar-refractivity contribution in [2.24, 2.45) is 4.99 Å². The molecule has 0 saturated carbocycles. The first kappa shape index (κ1) is 14.8. The number of benzene rings is 1. The van der Waals surface area contributed by atoms with Crippen LogP contribution in [0.2, 0.25) is 0 Å². The molecule has 0 unspecified atom stereocenters. The van der Waals surface area contributed by atoms with Gasteiger partial charge in [-0.05, 0) is 29.5 Å². The molecule has 3 rings (SSSR count). The average molecular weight is 369 g/mol. The minimum atomic E-state index is -0.212. The Kier molecular flexibility index (Phi) is 4.44. The fraction of sp³-hybridized carbons (Fsp3) is 0.286. The molecule has 21 heavy (non-hydrogen) atoms. The van der Waals surface area contributed by atoms with E-state index in [1.54, 1.807) is 18.2 Å². The van der Waals surface area contributed by atoms with E-state index in [0.29, 0.717) is 22.6 Å². The van der Waals surface area contributed by atoms with Crippen LogP contribution in [0, 0.1) is 0 Å². The van der Waals surface area contributed by atoms with Crippen molar-refractivity contribution in [3.05, 3.63) is 33.1 Å². The highest BCUT2D eigenvalue weighted by atomic mass is 79.9. The second-order valence-corrected chi connectivity index (χ2v) is 6.62. The number of carbonyl (C=O) groups excluding carboxylic acids is 1. The first-order valence-corrected chi connectivity index (χ1v) is 8.16. The van der Waals surface area contributed by atoms with E-state index in [1.807, 2.05) is 0 Å². The zero-order chi connectivity index (χ0) is 14.8. The fourth-order valence-electron chi connectivity index (χ4n) is 2.15. The smallest absolute Gasteiger partial charge is 0.289 e. The molecule has 1 saturated heterocycles. The van der Waals surface area contributed by atoms with Crippen LogP contribution in [0.25, 0.3) is 6.08 Å². The van der Waals surface area contributed by atoms with Gasteiger partial charge in [0.2, 0.25) is 0 Å². The maximum absolute atomic E-state index is 12.0. The van der Waals surface area contributed by atoms with Gasteiger partial charge in [0.15, 0.2) is 0 Å². The SMILES string of the molecule is O=C1N=C([NH+]2CCOCC2)S/C1=C\c1ccc([O-])c(Br)c1. The summed E-state index contributed by atoms with van der Waals surface area (Å²) in [5, 5.41) is 12.2. The third kappa shape index (κ3) is 3.37. The van der Waals surface area contributed by atoms with Gasteiger partial charge in [0.1, 0.15) is 13.1 Å². The summed E-state index contributed by atoms with van der Waals surface area (Å²) in [6.45, 7) is 3.06. The van der Waals surface area contributed by atoms with Crippen LogP contribution in [-0.2, 0) is 9.53 Å². The van der Waals surface area contributed by atoms with Crippen molar-refractivity contribution in [3.63, 3.8) is 0 Å². The number of rotatable bonds is 1. The molecule has 2 heterocycles. The molecular weight excluding hydrogens is 356 g/mol. The zero-order valence-corrected chi connectivity index (χ0v) is 13.5. The highest BCUT2D eigenvalue weighted by molar-refractivity contribution is 9.10. The first-order valence-electron chi connectivity index (χ1n) is 6.55. The molecule has 0 aliphatic carbocycles. The number of quaternary nitrogens is 1. The Labute approximate surface area is 134 Å². The van der Waals surface area contributed by atoms with Crippen molar-refractivity contribution in [2.45, 2.75) is 0 Å². The maximum atomic E-state index is 12.0. The number of nitrogens with zero attached hydrogens (tertiary/aromatic N) is 1. The number of amides is 1. The summed E-state index contributed by atoms with van der Waals surface area (Å²) in [5.74, 6) is -0.284. The number of thioether (sulfide) groups is 1. The van der Waals surface area contributed by atoms with E-state index in [2.05, 4.69) is 20.9 Å². The molecule has 2 aliphatic heterocycles. The van der Waals surface area contributed by atoms with E-state index < -0.39 is 0 Å². The lowest BCUT2D eigenvalue weighted by Crippen LogP contribution is -3.15. The Bertz CT molecular complexity index is 639. The van der Waals surface area contributed by atoms with Crippen molar-refractivity contribution in [1.29, 1.82) is 0 Å². The molecule has 1 fully saturated rings. The van der Waals surface area contributed by atoms with Crippen molar-refractivity contribution >= 4 is 44.8 Å². The predicted octanol–water partition coefficient (Wildman–Crippen LogP) is 0.408. The van der Waals surface area contributed by atoms with Gasteiger partial charge in [-0.2, -0.15) is 0 Å². The Morgan fingerprint density at radius 1 is 1.38 bits per heavy atom. The number of amidine groups is 1. The first-order chi connectivity index (χ1) is 10.1. The van der Waals surface area contributed by atoms with Crippen LogP contribution in [0.5, 0.6) is 5.75 Å². The van der Waals surface area contributed by atoms with Gasteiger partial charge in [-0.3, -0.25) is 9.69 Å². The molecule has 1 N–H and O–H groups in total. The summed E-state index contributed by atoms with van der Waals surface area (Å²) in [5.41, 5.74) is 0.811. The second kappa shape index (κ2) is 6.31. The molecule has 5 nitrogen and oxygen atoms in total. The number of nitrogens with one attached hydrogen (secondary N) is 1. The fourth-order valence-corrected chi connectivity index (χ4v) is 3.56. The van der Waals surface area contributed by atoms with Crippen LogP contribution >= 0.6 is 27.7 Å². The third-order valence-corrected chi connectivity index (χ3v) is 4.98. The van der Waals surface area contributed by atoms with Gasteiger partial charge in [0.05, 0.1) is 18.1 Å². The van der Waals surface area contributed by atoms with E-state index >= 15 is 0 Å². The summed E-state index contributed by atoms with van der Waals surface area (Å²) >= 11 is 4.61. The molecule has 0 bridgehead atoms. The summed E-state index contributed by atoms with van der Waals surface area (Å²) in [6, 6.07) is 4.89. The van der Waals surface area contributed by atoms with Crippen LogP contribution in [0.4, 0.5) is 0 Å². The third-order valence-electron chi connectivity index (χ3n) is 3.27. The number of ether oxygens (including phenoxy) is 1. The highest BCUT2D eigenvalue weighted by Crippen LogP contribution is 2.28. The molecule has 1 aromatic carbocycles. The monoisotopic (exact) mass is 368 g/mol. The molecule has 0 radical (unpaired) electrons. The lowest BCUT2D eigenvalue weighted by Gasteiger charge is -2.21. The molecular formula is C14H13BrN2O3S. The van der Waals surface area contributed by atoms with Gasteiger partial charge >= 0.3 is 0 Å². The number of hydrogen-bond acceptors (Lipinski definition) is 4. The van der Waals surface area contributed by atoms with Crippen molar-refractivity contribution < 1.29 is 19.5 Å². The molecule has 110 valence electrons. The van der Waals surface area contributed by atoms with E-state index in [1.165, 1.54) is 22.7 Å². The van der Waals surface area contributed by atoms with Gasteiger partial charge in [-0.1, -0.05) is 33.8 Å². The van der Waals surface area contributed by atoms with E-state index in [0.717, 1.165) is 23.8 Å². The summed E-state index contributed by atoms with van der Waals surface area (Å²) in [6.07, 6.45) is 1.77. The van der Waals surface area contributed by atoms with Gasteiger partial charge in [-0.25, -0.2) is 0 Å². The molecule has 0 atom stereocenters. The number of halogens is 1.